The van der Waals surface area contributed by atoms with Gasteiger partial charge in [-0.05, 0) is 61.0 Å². The monoisotopic (exact) mass is 457 g/mol. The summed E-state index contributed by atoms with van der Waals surface area (Å²) in [5.41, 5.74) is 6.19. The number of phenolic OH excluding ortho intramolecular Hbond substituents is 1. The lowest BCUT2D eigenvalue weighted by molar-refractivity contribution is 0.373. The molecule has 2 heterocycles. The molecular formula is C26H20ClN3O3. The van der Waals surface area contributed by atoms with Crippen molar-refractivity contribution < 1.29 is 14.3 Å². The molecule has 7 heteroatoms. The Balaban J connectivity index is 1.66. The highest BCUT2D eigenvalue weighted by Gasteiger charge is 2.11. The maximum atomic E-state index is 9.95. The molecule has 0 saturated carbocycles. The number of hydrogen-bond donors (Lipinski definition) is 2. The molecule has 2 N–H and O–H groups in total. The van der Waals surface area contributed by atoms with Gasteiger partial charge < -0.3 is 14.3 Å². The lowest BCUT2D eigenvalue weighted by Gasteiger charge is -2.09. The van der Waals surface area contributed by atoms with E-state index >= 15 is 0 Å². The van der Waals surface area contributed by atoms with Gasteiger partial charge in [0, 0.05) is 27.4 Å². The van der Waals surface area contributed by atoms with Gasteiger partial charge in [0.1, 0.15) is 17.2 Å². The van der Waals surface area contributed by atoms with Crippen molar-refractivity contribution in [2.75, 3.05) is 12.5 Å². The number of pyridine rings is 1. The van der Waals surface area contributed by atoms with Gasteiger partial charge in [-0.25, -0.2) is 4.98 Å². The molecule has 3 aromatic carbocycles. The molecule has 0 fully saturated rings. The third-order valence-electron chi connectivity index (χ3n) is 5.38. The van der Waals surface area contributed by atoms with Crippen molar-refractivity contribution in [1.29, 1.82) is 0 Å². The summed E-state index contributed by atoms with van der Waals surface area (Å²) < 4.78 is 11.4. The van der Waals surface area contributed by atoms with E-state index in [1.54, 1.807) is 18.2 Å². The number of aromatic hydroxyl groups is 1. The molecule has 33 heavy (non-hydrogen) atoms. The number of nitrogens with zero attached hydrogens (tertiary/aromatic N) is 2. The van der Waals surface area contributed by atoms with Crippen LogP contribution in [0.5, 0.6) is 11.5 Å². The average molecular weight is 458 g/mol. The van der Waals surface area contributed by atoms with Gasteiger partial charge in [-0.2, -0.15) is 5.10 Å². The van der Waals surface area contributed by atoms with E-state index < -0.39 is 0 Å². The molecule has 0 atom stereocenters. The van der Waals surface area contributed by atoms with E-state index in [1.165, 1.54) is 7.11 Å². The average Bonchev–Trinajstić information content (AvgIpc) is 2.83. The first-order valence-electron chi connectivity index (χ1n) is 10.3. The number of rotatable bonds is 4. The lowest BCUT2D eigenvalue weighted by atomic mass is 10.1. The van der Waals surface area contributed by atoms with Gasteiger partial charge in [0.25, 0.3) is 0 Å². The largest absolute Gasteiger partial charge is 0.504 e. The Morgan fingerprint density at radius 1 is 1.03 bits per heavy atom. The zero-order valence-corrected chi connectivity index (χ0v) is 18.7. The summed E-state index contributed by atoms with van der Waals surface area (Å²) in [5.74, 6) is 1.59. The number of aryl methyl sites for hydroxylation is 1. The van der Waals surface area contributed by atoms with Gasteiger partial charge >= 0.3 is 0 Å². The number of hydrogen-bond acceptors (Lipinski definition) is 6. The van der Waals surface area contributed by atoms with Gasteiger partial charge in [-0.1, -0.05) is 29.8 Å². The smallest absolute Gasteiger partial charge is 0.161 e. The van der Waals surface area contributed by atoms with E-state index in [1.807, 2.05) is 61.5 Å². The summed E-state index contributed by atoms with van der Waals surface area (Å²) in [7, 11) is 1.50. The first-order chi connectivity index (χ1) is 16.0. The Bertz CT molecular complexity index is 1580. The summed E-state index contributed by atoms with van der Waals surface area (Å²) in [6.07, 6.45) is 0. The number of para-hydroxylation sites is 1. The zero-order chi connectivity index (χ0) is 22.9. The van der Waals surface area contributed by atoms with Gasteiger partial charge in [-0.15, -0.1) is 0 Å². The number of methoxy groups -OCH3 is 1. The predicted octanol–water partition coefficient (Wildman–Crippen LogP) is 6.25. The highest BCUT2D eigenvalue weighted by Crippen LogP contribution is 2.32. The Kier molecular flexibility index (Phi) is 5.36. The highest BCUT2D eigenvalue weighted by molar-refractivity contribution is 6.32. The number of halogens is 1. The Hall–Kier alpha value is -4.03. The summed E-state index contributed by atoms with van der Waals surface area (Å²) >= 11 is 6.40. The van der Waals surface area contributed by atoms with Crippen molar-refractivity contribution in [2.45, 2.75) is 6.92 Å². The summed E-state index contributed by atoms with van der Waals surface area (Å²) in [5, 5.41) is 17.6. The van der Waals surface area contributed by atoms with Crippen LogP contribution in [0.4, 0.5) is 5.82 Å². The quantitative estimate of drug-likeness (QED) is 0.312. The number of fused-ring (bicyclic) bond motifs is 2. The van der Waals surface area contributed by atoms with E-state index in [9.17, 15) is 5.11 Å². The fraction of sp³-hybridized carbons (Fsp3) is 0.0769. The highest BCUT2D eigenvalue weighted by atomic mass is 35.5. The second-order valence-electron chi connectivity index (χ2n) is 7.59. The van der Waals surface area contributed by atoms with Crippen LogP contribution < -0.4 is 15.5 Å². The minimum atomic E-state index is 0.0543. The molecule has 2 aromatic heterocycles. The molecule has 0 amide bonds. The fourth-order valence-corrected chi connectivity index (χ4v) is 3.76. The fourth-order valence-electron chi connectivity index (χ4n) is 3.60. The minimum absolute atomic E-state index is 0.0543. The summed E-state index contributed by atoms with van der Waals surface area (Å²) in [6.45, 7) is 1.92. The van der Waals surface area contributed by atoms with Crippen LogP contribution in [-0.4, -0.2) is 17.2 Å². The molecule has 0 unspecified atom stereocenters. The number of aromatic nitrogens is 1. The van der Waals surface area contributed by atoms with E-state index in [2.05, 4.69) is 15.5 Å². The molecule has 0 spiro atoms. The van der Waals surface area contributed by atoms with Crippen LogP contribution in [0.3, 0.4) is 0 Å². The van der Waals surface area contributed by atoms with Crippen molar-refractivity contribution in [3.63, 3.8) is 0 Å². The summed E-state index contributed by atoms with van der Waals surface area (Å²) in [6, 6.07) is 22.3. The predicted molar refractivity (Wildman–Crippen MR) is 131 cm³/mol. The van der Waals surface area contributed by atoms with E-state index in [0.29, 0.717) is 33.3 Å². The van der Waals surface area contributed by atoms with Crippen LogP contribution >= 0.6 is 11.6 Å². The normalized spacial score (nSPS) is 11.8. The van der Waals surface area contributed by atoms with E-state index in [-0.39, 0.29) is 5.75 Å². The second-order valence-corrected chi connectivity index (χ2v) is 8.00. The van der Waals surface area contributed by atoms with Gasteiger partial charge in [0.05, 0.1) is 18.0 Å². The standard InChI is InChI=1S/C26H20ClN3O3/c1-15-11-24-18(13-19(15)27)21(14-23(33-24)17-7-9-22(31)25(12-17)32-2)29-30-26-10-8-16-5-3-4-6-20(16)28-26/h3-14,31H,1-2H3,(H,28,30)/b29-21+. The molecule has 5 rings (SSSR count). The number of benzene rings is 3. The number of phenols is 1. The Labute approximate surface area is 194 Å². The van der Waals surface area contributed by atoms with Crippen molar-refractivity contribution >= 4 is 39.3 Å². The maximum absolute atomic E-state index is 9.95. The molecule has 0 aliphatic rings. The van der Waals surface area contributed by atoms with Crippen LogP contribution in [0.15, 0.2) is 82.3 Å². The molecule has 0 radical (unpaired) electrons. The van der Waals surface area contributed by atoms with Crippen LogP contribution in [0, 0.1) is 6.92 Å². The van der Waals surface area contributed by atoms with Gasteiger partial charge in [0.2, 0.25) is 0 Å². The lowest BCUT2D eigenvalue weighted by Crippen LogP contribution is -2.08. The van der Waals surface area contributed by atoms with Crippen LogP contribution in [0.2, 0.25) is 5.02 Å². The molecule has 0 bridgehead atoms. The molecule has 164 valence electrons. The number of ether oxygens (including phenoxy) is 1. The van der Waals surface area contributed by atoms with Gasteiger partial charge in [-0.3, -0.25) is 5.43 Å². The Morgan fingerprint density at radius 3 is 2.73 bits per heavy atom. The van der Waals surface area contributed by atoms with Crippen LogP contribution in [0.1, 0.15) is 5.56 Å². The minimum Gasteiger partial charge on any atom is -0.504 e. The SMILES string of the molecule is COc1cc(-c2c/c(=N\Nc3ccc4ccccc4n3)c3cc(Cl)c(C)cc3o2)ccc1O. The van der Waals surface area contributed by atoms with Crippen molar-refractivity contribution in [1.82, 2.24) is 4.98 Å². The van der Waals surface area contributed by atoms with Crippen molar-refractivity contribution in [3.05, 3.63) is 88.7 Å². The van der Waals surface area contributed by atoms with Crippen molar-refractivity contribution in [3.8, 4) is 22.8 Å². The summed E-state index contributed by atoms with van der Waals surface area (Å²) in [4.78, 5) is 4.62. The Morgan fingerprint density at radius 2 is 1.88 bits per heavy atom. The molecule has 6 nitrogen and oxygen atoms in total. The van der Waals surface area contributed by atoms with E-state index in [4.69, 9.17) is 20.8 Å². The topological polar surface area (TPSA) is 79.9 Å². The van der Waals surface area contributed by atoms with Gasteiger partial charge in [0.15, 0.2) is 11.5 Å². The number of anilines is 1. The third-order valence-corrected chi connectivity index (χ3v) is 5.79. The second kappa shape index (κ2) is 8.48. The third kappa shape index (κ3) is 4.08. The van der Waals surface area contributed by atoms with E-state index in [0.717, 1.165) is 27.4 Å². The number of nitrogens with one attached hydrogen (secondary N) is 1. The molecular weight excluding hydrogens is 438 g/mol. The molecule has 5 aromatic rings. The van der Waals surface area contributed by atoms with Crippen LogP contribution in [0.25, 0.3) is 33.2 Å². The molecule has 0 aliphatic carbocycles. The zero-order valence-electron chi connectivity index (χ0n) is 18.0. The maximum Gasteiger partial charge on any atom is 0.161 e. The van der Waals surface area contributed by atoms with Crippen LogP contribution in [-0.2, 0) is 0 Å². The first-order valence-corrected chi connectivity index (χ1v) is 10.7. The molecule has 0 aliphatic heterocycles. The first kappa shape index (κ1) is 20.8. The molecule has 0 saturated heterocycles. The van der Waals surface area contributed by atoms with Crippen molar-refractivity contribution in [2.24, 2.45) is 5.10 Å².